The van der Waals surface area contributed by atoms with Gasteiger partial charge in [0, 0.05) is 85.1 Å². The van der Waals surface area contributed by atoms with Gasteiger partial charge in [-0.05, 0) is 89.0 Å². The fourth-order valence-corrected chi connectivity index (χ4v) is 11.2. The molecule has 0 bridgehead atoms. The molecule has 702 valence electrons. The molecule has 12 rings (SSSR count). The summed E-state index contributed by atoms with van der Waals surface area (Å²) in [5.41, 5.74) is -1.56. The predicted octanol–water partition coefficient (Wildman–Crippen LogP) is 10.6. The van der Waals surface area contributed by atoms with E-state index < -0.39 is 120 Å². The molecule has 0 spiro atoms. The first kappa shape index (κ1) is 99.0. The third-order valence-electron chi connectivity index (χ3n) is 17.4. The van der Waals surface area contributed by atoms with E-state index in [1.165, 1.54) is 136 Å². The lowest BCUT2D eigenvalue weighted by atomic mass is 10.2. The van der Waals surface area contributed by atoms with Gasteiger partial charge in [-0.25, -0.2) is 37.2 Å². The fraction of sp³-hybridized carbons (Fsp3) is 0.338. The third kappa shape index (κ3) is 32.9. The van der Waals surface area contributed by atoms with E-state index in [2.05, 4.69) is 123 Å². The van der Waals surface area contributed by atoms with E-state index in [4.69, 9.17) is 0 Å². The van der Waals surface area contributed by atoms with Gasteiger partial charge in [-0.2, -0.15) is 43.9 Å². The van der Waals surface area contributed by atoms with Gasteiger partial charge < -0.3 is 46.1 Å². The summed E-state index contributed by atoms with van der Waals surface area (Å²) in [5, 5.41) is 59.6. The molecular weight excluding hydrogens is 1810 g/mol. The fourth-order valence-electron chi connectivity index (χ4n) is 11.2. The number of ether oxygens (including phenoxy) is 3. The first-order chi connectivity index (χ1) is 62.2. The lowest BCUT2D eigenvalue weighted by Gasteiger charge is -2.13. The Morgan fingerprint density at radius 3 is 0.894 bits per heavy atom. The molecule has 0 saturated carbocycles. The zero-order valence-electron chi connectivity index (χ0n) is 68.2. The number of carbonyl (C=O) groups excluding carboxylic acids is 6. The van der Waals surface area contributed by atoms with Crippen molar-refractivity contribution >= 4 is 35.4 Å². The van der Waals surface area contributed by atoms with Crippen molar-refractivity contribution in [1.82, 2.24) is 137 Å². The standard InChI is InChI=1S/2C26H25F6N9O3.C25H22F7N9O3/c1-25(28,29)44-19-6-2-4-16(10-19)11-33-23(42)21-15-41(39-37-21)13-17(27)8-9-40-14-20(36-38-40)24(43)34-12-18-5-3-7-22(35-18)26(30,31)32;1-25(28,29)22-6-5-17(11-33-22)12-35-23(42)20-14-40(38-36-20)8-7-18(27)13-41-15-21(37-39-41)24(43)34-10-16-3-2-4-19(9-16)44-26(30,31)32;26-16(7-8-40-13-19(36-38-40)23(43)34-11-17-4-2-6-21(35-17)24(27,28)29)12-41-14-20(37-39-41)22(42)33-10-15-3-1-5-18(9-15)44-25(30,31)32/h2-7,10,14-15,17H,8-9,11-13H2,1H3,(H,33,42)(H,34,43);2-6,9,11,14-15,18H,7-8,10,12-13H2,1H3,(H,34,43)(H,35,42);1-6,9,13-14,16H,7-8,10-12H2,(H,33,42)(H,34,43). The molecule has 132 heavy (non-hydrogen) atoms. The topological polar surface area (TPSA) is 425 Å². The molecule has 0 fully saturated rings. The Morgan fingerprint density at radius 2 is 0.614 bits per heavy atom. The second-order valence-corrected chi connectivity index (χ2v) is 28.2. The molecule has 12 aromatic rings. The molecule has 0 aliphatic carbocycles. The van der Waals surface area contributed by atoms with Crippen LogP contribution >= 0.6 is 0 Å². The molecule has 55 heteroatoms. The van der Waals surface area contributed by atoms with Crippen LogP contribution in [-0.2, 0) is 96.8 Å². The number of aromatic nitrogens is 21. The van der Waals surface area contributed by atoms with E-state index in [0.717, 1.165) is 57.4 Å². The first-order valence-corrected chi connectivity index (χ1v) is 38.5. The molecule has 9 aromatic heterocycles. The molecule has 9 heterocycles. The number of halogens is 19. The minimum atomic E-state index is -4.86. The van der Waals surface area contributed by atoms with Crippen LogP contribution in [0, 0.1) is 0 Å². The normalized spacial score (nSPS) is 12.5. The van der Waals surface area contributed by atoms with Crippen LogP contribution in [0.3, 0.4) is 0 Å². The number of rotatable bonds is 38. The molecule has 3 aromatic carbocycles. The van der Waals surface area contributed by atoms with Crippen LogP contribution in [0.2, 0.25) is 0 Å². The van der Waals surface area contributed by atoms with Crippen LogP contribution < -0.4 is 46.1 Å². The van der Waals surface area contributed by atoms with Crippen molar-refractivity contribution in [3.05, 3.63) is 250 Å². The SMILES string of the molecule is CC(F)(F)Oc1cccc(CNC(=O)c2cn(CC(F)CCn3cc(C(=O)NCc4cccc(C(F)(F)F)n4)nn3)nn2)c1.CC(F)(F)c1ccc(CNC(=O)c2cn(CCC(F)Cn3cc(C(=O)NCc4cccc(OC(F)(F)F)c4)nn3)nn2)cn1.O=C(NCc1cccc(C(F)(F)F)n1)c1cn(CCC(F)Cn2cc(C(=O)NCc3cccc(OC(F)(F)F)c3)nn2)nn1. The number of benzene rings is 3. The van der Waals surface area contributed by atoms with Gasteiger partial charge in [-0.15, -0.1) is 56.9 Å². The monoisotopic (exact) mass is 1880 g/mol. The Morgan fingerprint density at radius 1 is 0.333 bits per heavy atom. The van der Waals surface area contributed by atoms with E-state index in [0.29, 0.717) is 29.2 Å². The van der Waals surface area contributed by atoms with Gasteiger partial charge in [0.15, 0.2) is 34.2 Å². The van der Waals surface area contributed by atoms with Crippen LogP contribution in [0.25, 0.3) is 0 Å². The van der Waals surface area contributed by atoms with Crippen LogP contribution in [0.1, 0.15) is 147 Å². The van der Waals surface area contributed by atoms with Gasteiger partial charge in [0.05, 0.1) is 81.3 Å². The second-order valence-electron chi connectivity index (χ2n) is 28.2. The number of hydrogen-bond acceptors (Lipinski definition) is 24. The van der Waals surface area contributed by atoms with Gasteiger partial charge >= 0.3 is 31.2 Å². The zero-order valence-corrected chi connectivity index (χ0v) is 68.2. The Bertz CT molecular complexity index is 5620. The maximum absolute atomic E-state index is 14.6. The molecule has 6 N–H and O–H groups in total. The van der Waals surface area contributed by atoms with Crippen molar-refractivity contribution in [2.45, 2.75) is 167 Å². The number of nitrogens with one attached hydrogen (secondary N) is 6. The molecule has 0 aliphatic rings. The summed E-state index contributed by atoms with van der Waals surface area (Å²) < 4.78 is 267. The minimum absolute atomic E-state index is 0.00317. The second kappa shape index (κ2) is 44.2. The van der Waals surface area contributed by atoms with Gasteiger partial charge in [0.25, 0.3) is 41.4 Å². The van der Waals surface area contributed by atoms with Gasteiger partial charge in [0.1, 0.15) is 52.8 Å². The lowest BCUT2D eigenvalue weighted by molar-refractivity contribution is -0.275. The van der Waals surface area contributed by atoms with Crippen LogP contribution in [-0.4, -0.2) is 178 Å². The summed E-state index contributed by atoms with van der Waals surface area (Å²) in [5.74, 6) is -7.99. The average Bonchev–Trinajstić information content (AvgIpc) is 1.45. The Labute approximate surface area is 730 Å². The summed E-state index contributed by atoms with van der Waals surface area (Å²) in [6, 6.07) is 25.1. The van der Waals surface area contributed by atoms with E-state index in [1.807, 2.05) is 0 Å². The van der Waals surface area contributed by atoms with Crippen molar-refractivity contribution in [3.8, 4) is 17.2 Å². The van der Waals surface area contributed by atoms with Gasteiger partial charge in [-0.3, -0.25) is 47.8 Å². The van der Waals surface area contributed by atoms with Crippen LogP contribution in [0.5, 0.6) is 17.2 Å². The van der Waals surface area contributed by atoms with Crippen molar-refractivity contribution < 1.29 is 126 Å². The average molecular weight is 1880 g/mol. The summed E-state index contributed by atoms with van der Waals surface area (Å²) >= 11 is 0. The Hall–Kier alpha value is -15.2. The van der Waals surface area contributed by atoms with Crippen molar-refractivity contribution in [1.29, 1.82) is 0 Å². The maximum atomic E-state index is 14.6. The minimum Gasteiger partial charge on any atom is -0.433 e. The quantitative estimate of drug-likeness (QED) is 0.0196. The summed E-state index contributed by atoms with van der Waals surface area (Å²) in [7, 11) is 0. The summed E-state index contributed by atoms with van der Waals surface area (Å²) in [6.07, 6.45) is -18.1. The highest BCUT2D eigenvalue weighted by Gasteiger charge is 2.36. The number of alkyl halides is 19. The highest BCUT2D eigenvalue weighted by molar-refractivity contribution is 5.94. The van der Waals surface area contributed by atoms with Crippen LogP contribution in [0.4, 0.5) is 83.4 Å². The number of amides is 6. The molecule has 0 aliphatic heterocycles. The van der Waals surface area contributed by atoms with Gasteiger partial charge in [-0.1, -0.05) is 85.9 Å². The molecule has 0 saturated heterocycles. The molecule has 6 amide bonds. The smallest absolute Gasteiger partial charge is 0.433 e. The van der Waals surface area contributed by atoms with Crippen molar-refractivity contribution in [3.63, 3.8) is 0 Å². The molecule has 0 radical (unpaired) electrons. The first-order valence-electron chi connectivity index (χ1n) is 38.5. The van der Waals surface area contributed by atoms with Gasteiger partial charge in [0.2, 0.25) is 0 Å². The third-order valence-corrected chi connectivity index (χ3v) is 17.4. The van der Waals surface area contributed by atoms with E-state index >= 15 is 0 Å². The number of pyridine rings is 3. The zero-order chi connectivity index (χ0) is 95.7. The number of carbonyl (C=O) groups is 6. The van der Waals surface area contributed by atoms with Crippen molar-refractivity contribution in [2.24, 2.45) is 0 Å². The highest BCUT2D eigenvalue weighted by Crippen LogP contribution is 2.31. The maximum Gasteiger partial charge on any atom is 0.573 e. The highest BCUT2D eigenvalue weighted by atomic mass is 19.4. The summed E-state index contributed by atoms with van der Waals surface area (Å²) in [6.45, 7) is -0.111. The number of hydrogen-bond donors (Lipinski definition) is 6. The van der Waals surface area contributed by atoms with E-state index in [-0.39, 0.29) is 149 Å². The molecule has 3 atom stereocenters. The number of aryl methyl sites for hydroxylation is 3. The molecule has 36 nitrogen and oxygen atoms in total. The summed E-state index contributed by atoms with van der Waals surface area (Å²) in [4.78, 5) is 84.7. The van der Waals surface area contributed by atoms with Crippen LogP contribution in [0.15, 0.2) is 165 Å². The van der Waals surface area contributed by atoms with E-state index in [1.54, 1.807) is 6.07 Å². The Balaban J connectivity index is 0.000000205. The lowest BCUT2D eigenvalue weighted by Crippen LogP contribution is -2.24. The van der Waals surface area contributed by atoms with Crippen molar-refractivity contribution in [2.75, 3.05) is 0 Å². The molecule has 3 unspecified atom stereocenters. The predicted molar refractivity (Wildman–Crippen MR) is 412 cm³/mol. The molecular formula is C77H72F19N27O9. The number of nitrogens with zero attached hydrogens (tertiary/aromatic N) is 21. The van der Waals surface area contributed by atoms with E-state index in [9.17, 15) is 112 Å². The largest absolute Gasteiger partial charge is 0.573 e. The Kier molecular flexibility index (Phi) is 33.2.